The van der Waals surface area contributed by atoms with Crippen LogP contribution in [0.15, 0.2) is 28.8 Å². The SMILES string of the molecule is CCCc1noc(C(C)OC(=O)CN(c2ccccc2C)S(C)(=O)=O)n1. The Bertz CT molecular complexity index is 863. The Morgan fingerprint density at radius 2 is 2.04 bits per heavy atom. The van der Waals surface area contributed by atoms with Gasteiger partial charge in [-0.15, -0.1) is 0 Å². The van der Waals surface area contributed by atoms with Gasteiger partial charge >= 0.3 is 5.97 Å². The molecule has 142 valence electrons. The van der Waals surface area contributed by atoms with Gasteiger partial charge in [-0.1, -0.05) is 30.3 Å². The van der Waals surface area contributed by atoms with Crippen LogP contribution in [0.25, 0.3) is 0 Å². The number of nitrogens with zero attached hydrogens (tertiary/aromatic N) is 3. The third kappa shape index (κ3) is 5.04. The normalized spacial score (nSPS) is 12.6. The van der Waals surface area contributed by atoms with Gasteiger partial charge in [-0.05, 0) is 31.9 Å². The van der Waals surface area contributed by atoms with E-state index in [-0.39, 0.29) is 5.89 Å². The van der Waals surface area contributed by atoms with Gasteiger partial charge in [0.25, 0.3) is 5.89 Å². The average Bonchev–Trinajstić information content (AvgIpc) is 3.01. The largest absolute Gasteiger partial charge is 0.451 e. The molecule has 0 fully saturated rings. The molecular weight excluding hydrogens is 358 g/mol. The highest BCUT2D eigenvalue weighted by atomic mass is 32.2. The van der Waals surface area contributed by atoms with E-state index in [2.05, 4.69) is 10.1 Å². The van der Waals surface area contributed by atoms with E-state index in [1.54, 1.807) is 38.1 Å². The maximum absolute atomic E-state index is 12.3. The van der Waals surface area contributed by atoms with Crippen molar-refractivity contribution in [3.63, 3.8) is 0 Å². The smallest absolute Gasteiger partial charge is 0.327 e. The van der Waals surface area contributed by atoms with E-state index in [4.69, 9.17) is 9.26 Å². The molecule has 8 nitrogen and oxygen atoms in total. The Morgan fingerprint density at radius 1 is 1.35 bits per heavy atom. The third-order valence-corrected chi connectivity index (χ3v) is 4.80. The minimum Gasteiger partial charge on any atom is -0.451 e. The molecule has 2 aromatic rings. The quantitative estimate of drug-likeness (QED) is 0.647. The van der Waals surface area contributed by atoms with Crippen LogP contribution in [0.1, 0.15) is 43.7 Å². The van der Waals surface area contributed by atoms with Crippen molar-refractivity contribution in [2.24, 2.45) is 0 Å². The van der Waals surface area contributed by atoms with Crippen molar-refractivity contribution in [2.45, 2.75) is 39.7 Å². The zero-order valence-electron chi connectivity index (χ0n) is 15.3. The Balaban J connectivity index is 2.11. The van der Waals surface area contributed by atoms with E-state index >= 15 is 0 Å². The lowest BCUT2D eigenvalue weighted by atomic mass is 10.2. The van der Waals surface area contributed by atoms with Crippen LogP contribution in [0.2, 0.25) is 0 Å². The molecule has 0 spiro atoms. The topological polar surface area (TPSA) is 103 Å². The molecule has 0 aliphatic rings. The van der Waals surface area contributed by atoms with Gasteiger partial charge < -0.3 is 9.26 Å². The molecule has 0 radical (unpaired) electrons. The number of benzene rings is 1. The fourth-order valence-electron chi connectivity index (χ4n) is 2.38. The predicted molar refractivity (Wildman–Crippen MR) is 96.2 cm³/mol. The second-order valence-electron chi connectivity index (χ2n) is 5.99. The number of aryl methyl sites for hydroxylation is 2. The van der Waals surface area contributed by atoms with Crippen molar-refractivity contribution in [2.75, 3.05) is 17.1 Å². The molecule has 26 heavy (non-hydrogen) atoms. The maximum Gasteiger partial charge on any atom is 0.327 e. The number of para-hydroxylation sites is 1. The fourth-order valence-corrected chi connectivity index (χ4v) is 3.29. The Hall–Kier alpha value is -2.42. The van der Waals surface area contributed by atoms with Crippen molar-refractivity contribution >= 4 is 21.7 Å². The second-order valence-corrected chi connectivity index (χ2v) is 7.89. The van der Waals surface area contributed by atoms with E-state index in [1.165, 1.54) is 0 Å². The van der Waals surface area contributed by atoms with Crippen LogP contribution >= 0.6 is 0 Å². The molecule has 0 N–H and O–H groups in total. The first kappa shape index (κ1) is 19.9. The average molecular weight is 381 g/mol. The molecule has 9 heteroatoms. The van der Waals surface area contributed by atoms with Gasteiger partial charge in [0.2, 0.25) is 10.0 Å². The maximum atomic E-state index is 12.3. The molecule has 0 saturated carbocycles. The van der Waals surface area contributed by atoms with E-state index in [9.17, 15) is 13.2 Å². The highest BCUT2D eigenvalue weighted by Crippen LogP contribution is 2.23. The van der Waals surface area contributed by atoms with Crippen LogP contribution < -0.4 is 4.31 Å². The number of carbonyl (C=O) groups excluding carboxylic acids is 1. The number of anilines is 1. The summed E-state index contributed by atoms with van der Waals surface area (Å²) in [6, 6.07) is 6.92. The Labute approximate surface area is 153 Å². The summed E-state index contributed by atoms with van der Waals surface area (Å²) < 4.78 is 35.6. The number of esters is 1. The fraction of sp³-hybridized carbons (Fsp3) is 0.471. The summed E-state index contributed by atoms with van der Waals surface area (Å²) in [6.07, 6.45) is 1.82. The van der Waals surface area contributed by atoms with E-state index in [1.807, 2.05) is 6.92 Å². The first-order valence-electron chi connectivity index (χ1n) is 8.27. The van der Waals surface area contributed by atoms with Crippen LogP contribution in [0, 0.1) is 6.92 Å². The molecule has 2 rings (SSSR count). The molecule has 0 bridgehead atoms. The van der Waals surface area contributed by atoms with Gasteiger partial charge in [0, 0.05) is 6.42 Å². The lowest BCUT2D eigenvalue weighted by Crippen LogP contribution is -2.36. The van der Waals surface area contributed by atoms with E-state index in [0.29, 0.717) is 17.9 Å². The van der Waals surface area contributed by atoms with Crippen LogP contribution in [0.5, 0.6) is 0 Å². The van der Waals surface area contributed by atoms with Crippen molar-refractivity contribution < 1.29 is 22.5 Å². The first-order valence-corrected chi connectivity index (χ1v) is 10.1. The summed E-state index contributed by atoms with van der Waals surface area (Å²) in [5.74, 6) is 0.0214. The van der Waals surface area contributed by atoms with Crippen molar-refractivity contribution in [3.8, 4) is 0 Å². The number of aromatic nitrogens is 2. The number of hydrogen-bond donors (Lipinski definition) is 0. The lowest BCUT2D eigenvalue weighted by Gasteiger charge is -2.23. The highest BCUT2D eigenvalue weighted by Gasteiger charge is 2.25. The van der Waals surface area contributed by atoms with Crippen LogP contribution in [-0.4, -0.2) is 37.3 Å². The number of rotatable bonds is 8. The minimum absolute atomic E-state index is 0.184. The summed E-state index contributed by atoms with van der Waals surface area (Å²) in [4.78, 5) is 16.4. The summed E-state index contributed by atoms with van der Waals surface area (Å²) in [6.45, 7) is 4.92. The molecule has 0 amide bonds. The van der Waals surface area contributed by atoms with Gasteiger partial charge in [0.15, 0.2) is 11.9 Å². The van der Waals surface area contributed by atoms with Crippen molar-refractivity contribution in [1.82, 2.24) is 10.1 Å². The van der Waals surface area contributed by atoms with Gasteiger partial charge in [0.1, 0.15) is 6.54 Å². The molecular formula is C17H23N3O5S. The number of carbonyl (C=O) groups is 1. The standard InChI is InChI=1S/C17H23N3O5S/c1-5-8-15-18-17(25-19-15)13(3)24-16(21)11-20(26(4,22)23)14-10-7-6-9-12(14)2/h6-7,9-10,13H,5,8,11H2,1-4H3. The lowest BCUT2D eigenvalue weighted by molar-refractivity contribution is -0.147. The zero-order chi connectivity index (χ0) is 19.3. The van der Waals surface area contributed by atoms with E-state index < -0.39 is 28.6 Å². The van der Waals surface area contributed by atoms with Crippen molar-refractivity contribution in [3.05, 3.63) is 41.5 Å². The summed E-state index contributed by atoms with van der Waals surface area (Å²) in [5, 5.41) is 3.81. The molecule has 1 atom stereocenters. The summed E-state index contributed by atoms with van der Waals surface area (Å²) in [5.41, 5.74) is 1.17. The Morgan fingerprint density at radius 3 is 2.65 bits per heavy atom. The first-order chi connectivity index (χ1) is 12.2. The van der Waals surface area contributed by atoms with Crippen LogP contribution in [0.3, 0.4) is 0 Å². The molecule has 0 aliphatic heterocycles. The number of sulfonamides is 1. The van der Waals surface area contributed by atoms with Crippen LogP contribution in [-0.2, 0) is 26.0 Å². The minimum atomic E-state index is -3.66. The third-order valence-electron chi connectivity index (χ3n) is 3.67. The molecule has 1 unspecified atom stereocenters. The predicted octanol–water partition coefficient (Wildman–Crippen LogP) is 2.40. The highest BCUT2D eigenvalue weighted by molar-refractivity contribution is 7.92. The molecule has 1 aromatic carbocycles. The zero-order valence-corrected chi connectivity index (χ0v) is 16.1. The van der Waals surface area contributed by atoms with Gasteiger partial charge in [-0.2, -0.15) is 4.98 Å². The van der Waals surface area contributed by atoms with Crippen LogP contribution in [0.4, 0.5) is 5.69 Å². The van der Waals surface area contributed by atoms with Gasteiger partial charge in [0.05, 0.1) is 11.9 Å². The number of ether oxygens (including phenoxy) is 1. The van der Waals surface area contributed by atoms with E-state index in [0.717, 1.165) is 22.5 Å². The summed E-state index contributed by atoms with van der Waals surface area (Å²) in [7, 11) is -3.66. The molecule has 1 heterocycles. The summed E-state index contributed by atoms with van der Waals surface area (Å²) >= 11 is 0. The molecule has 1 aromatic heterocycles. The number of hydrogen-bond acceptors (Lipinski definition) is 7. The molecule has 0 saturated heterocycles. The second kappa shape index (κ2) is 8.31. The monoisotopic (exact) mass is 381 g/mol. The van der Waals surface area contributed by atoms with Crippen molar-refractivity contribution in [1.29, 1.82) is 0 Å². The van der Waals surface area contributed by atoms with Gasteiger partial charge in [-0.3, -0.25) is 9.10 Å². The molecule has 0 aliphatic carbocycles. The van der Waals surface area contributed by atoms with Gasteiger partial charge in [-0.25, -0.2) is 8.42 Å². The Kier molecular flexibility index (Phi) is 6.36.